The van der Waals surface area contributed by atoms with E-state index >= 15 is 0 Å². The zero-order chi connectivity index (χ0) is 20.0. The third-order valence-electron chi connectivity index (χ3n) is 4.20. The molecule has 7 heteroatoms. The quantitative estimate of drug-likeness (QED) is 0.656. The fourth-order valence-corrected chi connectivity index (χ4v) is 2.84. The Bertz CT molecular complexity index is 812. The molecule has 0 spiro atoms. The number of carboxylic acid groups (broad SMARTS) is 1. The lowest BCUT2D eigenvalue weighted by Crippen LogP contribution is -2.19. The van der Waals surface area contributed by atoms with Crippen LogP contribution in [0, 0.1) is 13.8 Å². The van der Waals surface area contributed by atoms with Gasteiger partial charge in [-0.1, -0.05) is 12.1 Å². The lowest BCUT2D eigenvalue weighted by atomic mass is 10.1. The first-order valence-electron chi connectivity index (χ1n) is 9.03. The number of carbonyl (C=O) groups is 2. The normalized spacial score (nSPS) is 10.9. The summed E-state index contributed by atoms with van der Waals surface area (Å²) in [4.78, 5) is 22.6. The molecule has 7 nitrogen and oxygen atoms in total. The Balaban J connectivity index is 2.03. The number of benzene rings is 1. The van der Waals surface area contributed by atoms with Crippen LogP contribution in [0.3, 0.4) is 0 Å². The van der Waals surface area contributed by atoms with Gasteiger partial charge in [0, 0.05) is 29.9 Å². The van der Waals surface area contributed by atoms with E-state index in [1.165, 1.54) is 0 Å². The first-order chi connectivity index (χ1) is 12.8. The molecule has 0 aliphatic rings. The lowest BCUT2D eigenvalue weighted by molar-refractivity contribution is -0.148. The number of anilines is 1. The number of nitrogens with one attached hydrogen (secondary N) is 1. The van der Waals surface area contributed by atoms with E-state index in [1.54, 1.807) is 4.68 Å². The number of ether oxygens (including phenoxy) is 1. The van der Waals surface area contributed by atoms with Crippen LogP contribution in [-0.2, 0) is 33.8 Å². The monoisotopic (exact) mass is 373 g/mol. The van der Waals surface area contributed by atoms with Crippen LogP contribution >= 0.6 is 0 Å². The molecule has 0 aliphatic carbocycles. The summed E-state index contributed by atoms with van der Waals surface area (Å²) in [6.45, 7) is 8.15. The SMILES string of the molecule is Cc1nn(CC(=O)OC(C)C)c(C)c1CNc1cccc(CCC(=O)O)c1. The van der Waals surface area contributed by atoms with Crippen LogP contribution < -0.4 is 5.32 Å². The number of aliphatic carboxylic acids is 1. The first kappa shape index (κ1) is 20.5. The third-order valence-corrected chi connectivity index (χ3v) is 4.20. The minimum absolute atomic E-state index is 0.0928. The number of hydrogen-bond acceptors (Lipinski definition) is 5. The molecule has 146 valence electrons. The van der Waals surface area contributed by atoms with Gasteiger partial charge in [-0.3, -0.25) is 14.3 Å². The van der Waals surface area contributed by atoms with Gasteiger partial charge >= 0.3 is 11.9 Å². The molecular weight excluding hydrogens is 346 g/mol. The van der Waals surface area contributed by atoms with Crippen LogP contribution in [0.4, 0.5) is 5.69 Å². The van der Waals surface area contributed by atoms with E-state index in [0.717, 1.165) is 28.2 Å². The van der Waals surface area contributed by atoms with Gasteiger partial charge in [0.05, 0.1) is 11.8 Å². The molecule has 0 saturated heterocycles. The summed E-state index contributed by atoms with van der Waals surface area (Å²) < 4.78 is 6.85. The third kappa shape index (κ3) is 6.13. The standard InChI is InChI=1S/C20H27N3O4/c1-13(2)27-20(26)12-23-15(4)18(14(3)22-23)11-21-17-7-5-6-16(10-17)8-9-19(24)25/h5-7,10,13,21H,8-9,11-12H2,1-4H3,(H,24,25). The number of rotatable bonds is 9. The smallest absolute Gasteiger partial charge is 0.328 e. The zero-order valence-corrected chi connectivity index (χ0v) is 16.3. The highest BCUT2D eigenvalue weighted by Crippen LogP contribution is 2.18. The van der Waals surface area contributed by atoms with Crippen LogP contribution in [0.25, 0.3) is 0 Å². The Labute approximate surface area is 159 Å². The van der Waals surface area contributed by atoms with Crippen molar-refractivity contribution in [1.82, 2.24) is 9.78 Å². The highest BCUT2D eigenvalue weighted by Gasteiger charge is 2.15. The molecule has 0 radical (unpaired) electrons. The second-order valence-corrected chi connectivity index (χ2v) is 6.79. The molecular formula is C20H27N3O4. The average molecular weight is 373 g/mol. The summed E-state index contributed by atoms with van der Waals surface area (Å²) in [5.74, 6) is -1.11. The van der Waals surface area contributed by atoms with E-state index in [0.29, 0.717) is 13.0 Å². The van der Waals surface area contributed by atoms with Crippen LogP contribution in [0.15, 0.2) is 24.3 Å². The summed E-state index contributed by atoms with van der Waals surface area (Å²) in [6, 6.07) is 7.73. The molecule has 0 atom stereocenters. The minimum Gasteiger partial charge on any atom is -0.481 e. The highest BCUT2D eigenvalue weighted by atomic mass is 16.5. The predicted octanol–water partition coefficient (Wildman–Crippen LogP) is 3.08. The maximum Gasteiger partial charge on any atom is 0.328 e. The molecule has 2 N–H and O–H groups in total. The molecule has 0 amide bonds. The topological polar surface area (TPSA) is 93.5 Å². The summed E-state index contributed by atoms with van der Waals surface area (Å²) >= 11 is 0. The molecule has 0 fully saturated rings. The minimum atomic E-state index is -0.803. The summed E-state index contributed by atoms with van der Waals surface area (Å²) in [5.41, 5.74) is 4.71. The maximum atomic E-state index is 11.9. The highest BCUT2D eigenvalue weighted by molar-refractivity contribution is 5.69. The van der Waals surface area contributed by atoms with Gasteiger partial charge in [0.15, 0.2) is 0 Å². The second kappa shape index (κ2) is 9.21. The van der Waals surface area contributed by atoms with Gasteiger partial charge in [-0.15, -0.1) is 0 Å². The number of carbonyl (C=O) groups excluding carboxylic acids is 1. The second-order valence-electron chi connectivity index (χ2n) is 6.79. The molecule has 1 aromatic heterocycles. The first-order valence-corrected chi connectivity index (χ1v) is 9.03. The van der Waals surface area contributed by atoms with Crippen molar-refractivity contribution in [2.75, 3.05) is 5.32 Å². The summed E-state index contributed by atoms with van der Waals surface area (Å²) in [6.07, 6.45) is 0.462. The summed E-state index contributed by atoms with van der Waals surface area (Å²) in [7, 11) is 0. The fourth-order valence-electron chi connectivity index (χ4n) is 2.84. The Morgan fingerprint density at radius 2 is 2.04 bits per heavy atom. The molecule has 2 rings (SSSR count). The maximum absolute atomic E-state index is 11.9. The van der Waals surface area contributed by atoms with Crippen molar-refractivity contribution in [1.29, 1.82) is 0 Å². The van der Waals surface area contributed by atoms with Crippen LogP contribution in [0.1, 0.15) is 42.8 Å². The van der Waals surface area contributed by atoms with E-state index in [-0.39, 0.29) is 25.0 Å². The number of carboxylic acids is 1. The number of aromatic nitrogens is 2. The van der Waals surface area contributed by atoms with Gasteiger partial charge in [0.1, 0.15) is 6.54 Å². The molecule has 27 heavy (non-hydrogen) atoms. The van der Waals surface area contributed by atoms with Gasteiger partial charge in [-0.05, 0) is 51.8 Å². The Morgan fingerprint density at radius 1 is 1.30 bits per heavy atom. The average Bonchev–Trinajstić information content (AvgIpc) is 2.84. The Hall–Kier alpha value is -2.83. The van der Waals surface area contributed by atoms with Crippen molar-refractivity contribution >= 4 is 17.6 Å². The number of esters is 1. The molecule has 0 aliphatic heterocycles. The molecule has 0 bridgehead atoms. The molecule has 0 saturated carbocycles. The Kier molecular flexibility index (Phi) is 6.98. The van der Waals surface area contributed by atoms with Crippen molar-refractivity contribution in [2.24, 2.45) is 0 Å². The van der Waals surface area contributed by atoms with Gasteiger partial charge in [-0.25, -0.2) is 0 Å². The number of nitrogens with zero attached hydrogens (tertiary/aromatic N) is 2. The number of hydrogen-bond donors (Lipinski definition) is 2. The van der Waals surface area contributed by atoms with E-state index in [4.69, 9.17) is 9.84 Å². The van der Waals surface area contributed by atoms with Gasteiger partial charge < -0.3 is 15.2 Å². The van der Waals surface area contributed by atoms with Gasteiger partial charge in [0.25, 0.3) is 0 Å². The van der Waals surface area contributed by atoms with Crippen molar-refractivity contribution in [3.8, 4) is 0 Å². The van der Waals surface area contributed by atoms with Gasteiger partial charge in [0.2, 0.25) is 0 Å². The van der Waals surface area contributed by atoms with Crippen LogP contribution in [0.5, 0.6) is 0 Å². The Morgan fingerprint density at radius 3 is 2.70 bits per heavy atom. The lowest BCUT2D eigenvalue weighted by Gasteiger charge is -2.10. The molecule has 1 aromatic carbocycles. The van der Waals surface area contributed by atoms with E-state index in [1.807, 2.05) is 52.0 Å². The van der Waals surface area contributed by atoms with Crippen molar-refractivity contribution < 1.29 is 19.4 Å². The van der Waals surface area contributed by atoms with Crippen molar-refractivity contribution in [3.63, 3.8) is 0 Å². The zero-order valence-electron chi connectivity index (χ0n) is 16.3. The summed E-state index contributed by atoms with van der Waals surface area (Å²) in [5, 5.41) is 16.6. The predicted molar refractivity (Wildman–Crippen MR) is 103 cm³/mol. The van der Waals surface area contributed by atoms with Crippen molar-refractivity contribution in [3.05, 3.63) is 46.8 Å². The van der Waals surface area contributed by atoms with Crippen LogP contribution in [-0.4, -0.2) is 32.9 Å². The van der Waals surface area contributed by atoms with E-state index < -0.39 is 5.97 Å². The fraction of sp³-hybridized carbons (Fsp3) is 0.450. The van der Waals surface area contributed by atoms with E-state index in [2.05, 4.69) is 10.4 Å². The largest absolute Gasteiger partial charge is 0.481 e. The molecule has 2 aromatic rings. The molecule has 0 unspecified atom stereocenters. The number of aryl methyl sites for hydroxylation is 2. The van der Waals surface area contributed by atoms with Crippen molar-refractivity contribution in [2.45, 2.75) is 59.7 Å². The van der Waals surface area contributed by atoms with Crippen LogP contribution in [0.2, 0.25) is 0 Å². The van der Waals surface area contributed by atoms with E-state index in [9.17, 15) is 9.59 Å². The molecule has 1 heterocycles. The van der Waals surface area contributed by atoms with Gasteiger partial charge in [-0.2, -0.15) is 5.10 Å².